The number of carbonyl (C=O) groups is 2. The third-order valence-corrected chi connectivity index (χ3v) is 5.62. The lowest BCUT2D eigenvalue weighted by Gasteiger charge is -2.09. The SMILES string of the molecule is CCCCCCCCCCCCCCCCCOC(=O)c1ccccc1C(=O)OCC. The van der Waals surface area contributed by atoms with Crippen LogP contribution in [0.5, 0.6) is 0 Å². The van der Waals surface area contributed by atoms with Gasteiger partial charge in [0.1, 0.15) is 0 Å². The molecule has 0 spiro atoms. The van der Waals surface area contributed by atoms with E-state index in [2.05, 4.69) is 6.92 Å². The van der Waals surface area contributed by atoms with E-state index >= 15 is 0 Å². The number of unbranched alkanes of at least 4 members (excludes halogenated alkanes) is 14. The topological polar surface area (TPSA) is 52.6 Å². The zero-order valence-electron chi connectivity index (χ0n) is 20.0. The van der Waals surface area contributed by atoms with Crippen LogP contribution in [-0.4, -0.2) is 25.2 Å². The zero-order valence-corrected chi connectivity index (χ0v) is 20.0. The minimum absolute atomic E-state index is 0.269. The number of hydrogen-bond acceptors (Lipinski definition) is 4. The molecule has 0 atom stereocenters. The first kappa shape index (κ1) is 27.2. The van der Waals surface area contributed by atoms with Gasteiger partial charge >= 0.3 is 11.9 Å². The van der Waals surface area contributed by atoms with Crippen molar-refractivity contribution < 1.29 is 19.1 Å². The van der Waals surface area contributed by atoms with Crippen molar-refractivity contribution in [3.63, 3.8) is 0 Å². The molecule has 0 bridgehead atoms. The molecule has 0 amide bonds. The lowest BCUT2D eigenvalue weighted by atomic mass is 10.0. The summed E-state index contributed by atoms with van der Waals surface area (Å²) < 4.78 is 10.4. The fourth-order valence-electron chi connectivity index (χ4n) is 3.76. The third-order valence-electron chi connectivity index (χ3n) is 5.62. The number of benzene rings is 1. The van der Waals surface area contributed by atoms with E-state index in [1.807, 2.05) is 0 Å². The van der Waals surface area contributed by atoms with Crippen LogP contribution in [0, 0.1) is 0 Å². The largest absolute Gasteiger partial charge is 0.462 e. The van der Waals surface area contributed by atoms with Crippen LogP contribution in [0.25, 0.3) is 0 Å². The summed E-state index contributed by atoms with van der Waals surface area (Å²) in [5, 5.41) is 0. The first-order chi connectivity index (χ1) is 15.2. The highest BCUT2D eigenvalue weighted by Crippen LogP contribution is 2.15. The molecule has 4 nitrogen and oxygen atoms in total. The Hall–Kier alpha value is -1.84. The molecule has 0 N–H and O–H groups in total. The second-order valence-corrected chi connectivity index (χ2v) is 8.35. The smallest absolute Gasteiger partial charge is 0.339 e. The van der Waals surface area contributed by atoms with E-state index in [0.717, 1.165) is 12.8 Å². The van der Waals surface area contributed by atoms with Gasteiger partial charge in [-0.3, -0.25) is 0 Å². The van der Waals surface area contributed by atoms with Crippen LogP contribution >= 0.6 is 0 Å². The Morgan fingerprint density at radius 2 is 0.968 bits per heavy atom. The number of rotatable bonds is 19. The van der Waals surface area contributed by atoms with Gasteiger partial charge < -0.3 is 9.47 Å². The Labute approximate surface area is 190 Å². The van der Waals surface area contributed by atoms with E-state index in [9.17, 15) is 9.59 Å². The predicted octanol–water partition coefficient (Wildman–Crippen LogP) is 7.89. The van der Waals surface area contributed by atoms with Crippen LogP contribution in [-0.2, 0) is 9.47 Å². The standard InChI is InChI=1S/C27H44O4/c1-3-5-6-7-8-9-10-11-12-13-14-15-16-17-20-23-31-27(29)25-22-19-18-21-24(25)26(28)30-4-2/h18-19,21-22H,3-17,20,23H2,1-2H3. The first-order valence-corrected chi connectivity index (χ1v) is 12.6. The van der Waals surface area contributed by atoms with Crippen LogP contribution in [0.2, 0.25) is 0 Å². The van der Waals surface area contributed by atoms with Crippen molar-refractivity contribution in [3.8, 4) is 0 Å². The van der Waals surface area contributed by atoms with E-state index in [0.29, 0.717) is 6.61 Å². The fourth-order valence-corrected chi connectivity index (χ4v) is 3.76. The van der Waals surface area contributed by atoms with Gasteiger partial charge in [-0.05, 0) is 25.5 Å². The average Bonchev–Trinajstić information content (AvgIpc) is 2.78. The van der Waals surface area contributed by atoms with Gasteiger partial charge in [0, 0.05) is 0 Å². The van der Waals surface area contributed by atoms with Gasteiger partial charge in [0.2, 0.25) is 0 Å². The van der Waals surface area contributed by atoms with Crippen molar-refractivity contribution in [2.75, 3.05) is 13.2 Å². The quantitative estimate of drug-likeness (QED) is 0.165. The molecule has 0 aromatic heterocycles. The molecular formula is C27H44O4. The monoisotopic (exact) mass is 432 g/mol. The number of carbonyl (C=O) groups excluding carboxylic acids is 2. The van der Waals surface area contributed by atoms with Gasteiger partial charge in [-0.2, -0.15) is 0 Å². The van der Waals surface area contributed by atoms with Crippen molar-refractivity contribution in [1.29, 1.82) is 0 Å². The molecule has 0 aliphatic rings. The summed E-state index contributed by atoms with van der Waals surface area (Å²) in [5.41, 5.74) is 0.549. The summed E-state index contributed by atoms with van der Waals surface area (Å²) in [6.45, 7) is 4.69. The Morgan fingerprint density at radius 1 is 0.581 bits per heavy atom. The molecule has 176 valence electrons. The number of ether oxygens (including phenoxy) is 2. The fraction of sp³-hybridized carbons (Fsp3) is 0.704. The molecule has 0 saturated carbocycles. The number of esters is 2. The van der Waals surface area contributed by atoms with Crippen LogP contribution in [0.1, 0.15) is 131 Å². The van der Waals surface area contributed by atoms with Crippen molar-refractivity contribution >= 4 is 11.9 Å². The second-order valence-electron chi connectivity index (χ2n) is 8.35. The molecule has 0 radical (unpaired) electrons. The molecule has 31 heavy (non-hydrogen) atoms. The van der Waals surface area contributed by atoms with Crippen molar-refractivity contribution in [3.05, 3.63) is 35.4 Å². The van der Waals surface area contributed by atoms with Crippen LogP contribution in [0.4, 0.5) is 0 Å². The van der Waals surface area contributed by atoms with Gasteiger partial charge in [0.05, 0.1) is 24.3 Å². The Kier molecular flexibility index (Phi) is 16.6. The van der Waals surface area contributed by atoms with E-state index < -0.39 is 11.9 Å². The Bertz CT molecular complexity index is 597. The molecule has 1 aromatic rings. The van der Waals surface area contributed by atoms with E-state index in [1.54, 1.807) is 31.2 Å². The molecule has 4 heteroatoms. The lowest BCUT2D eigenvalue weighted by Crippen LogP contribution is -2.14. The van der Waals surface area contributed by atoms with Gasteiger partial charge in [0.15, 0.2) is 0 Å². The maximum Gasteiger partial charge on any atom is 0.339 e. The molecule has 0 aliphatic heterocycles. The Balaban J connectivity index is 1.99. The maximum absolute atomic E-state index is 12.3. The second kappa shape index (κ2) is 18.9. The van der Waals surface area contributed by atoms with Crippen molar-refractivity contribution in [2.24, 2.45) is 0 Å². The van der Waals surface area contributed by atoms with E-state index in [-0.39, 0.29) is 17.7 Å². The molecular weight excluding hydrogens is 388 g/mol. The van der Waals surface area contributed by atoms with Gasteiger partial charge in [-0.15, -0.1) is 0 Å². The first-order valence-electron chi connectivity index (χ1n) is 12.6. The summed E-state index contributed by atoms with van der Waals surface area (Å²) in [7, 11) is 0. The van der Waals surface area contributed by atoms with Gasteiger partial charge in [-0.1, -0.05) is 109 Å². The van der Waals surface area contributed by atoms with E-state index in [4.69, 9.17) is 9.47 Å². The minimum atomic E-state index is -0.484. The number of hydrogen-bond donors (Lipinski definition) is 0. The molecule has 0 unspecified atom stereocenters. The molecule has 1 aromatic carbocycles. The highest BCUT2D eigenvalue weighted by molar-refractivity contribution is 6.03. The normalized spacial score (nSPS) is 10.8. The Morgan fingerprint density at radius 3 is 1.39 bits per heavy atom. The van der Waals surface area contributed by atoms with Gasteiger partial charge in [-0.25, -0.2) is 9.59 Å². The zero-order chi connectivity index (χ0) is 22.6. The molecule has 0 saturated heterocycles. The van der Waals surface area contributed by atoms with Crippen molar-refractivity contribution in [1.82, 2.24) is 0 Å². The van der Waals surface area contributed by atoms with Crippen LogP contribution < -0.4 is 0 Å². The third kappa shape index (κ3) is 13.2. The molecule has 0 heterocycles. The van der Waals surface area contributed by atoms with Crippen LogP contribution in [0.15, 0.2) is 24.3 Å². The summed E-state index contributed by atoms with van der Waals surface area (Å²) in [6, 6.07) is 6.66. The summed E-state index contributed by atoms with van der Waals surface area (Å²) in [6.07, 6.45) is 19.6. The summed E-state index contributed by atoms with van der Waals surface area (Å²) in [4.78, 5) is 24.3. The molecule has 0 aliphatic carbocycles. The minimum Gasteiger partial charge on any atom is -0.462 e. The van der Waals surface area contributed by atoms with Crippen molar-refractivity contribution in [2.45, 2.75) is 110 Å². The maximum atomic E-state index is 12.3. The summed E-state index contributed by atoms with van der Waals surface area (Å²) in [5.74, 6) is -0.934. The summed E-state index contributed by atoms with van der Waals surface area (Å²) >= 11 is 0. The van der Waals surface area contributed by atoms with Gasteiger partial charge in [0.25, 0.3) is 0 Å². The molecule has 0 fully saturated rings. The highest BCUT2D eigenvalue weighted by atomic mass is 16.5. The lowest BCUT2D eigenvalue weighted by molar-refractivity contribution is 0.0462. The average molecular weight is 433 g/mol. The molecule has 1 rings (SSSR count). The highest BCUT2D eigenvalue weighted by Gasteiger charge is 2.18. The van der Waals surface area contributed by atoms with Crippen LogP contribution in [0.3, 0.4) is 0 Å². The van der Waals surface area contributed by atoms with E-state index in [1.165, 1.54) is 83.5 Å². The predicted molar refractivity (Wildman–Crippen MR) is 128 cm³/mol.